The molecule has 0 aromatic carbocycles. The molecule has 0 unspecified atom stereocenters. The first-order valence-corrected chi connectivity index (χ1v) is 3.06. The average Bonchev–Trinajstić information content (AvgIpc) is 2.13. The Bertz CT molecular complexity index is 243. The summed E-state index contributed by atoms with van der Waals surface area (Å²) in [4.78, 5) is 14.5. The first-order chi connectivity index (χ1) is 4.61. The van der Waals surface area contributed by atoms with Crippen molar-refractivity contribution >= 4 is 5.78 Å². The molecule has 10 heavy (non-hydrogen) atoms. The molecule has 0 spiro atoms. The highest BCUT2D eigenvalue weighted by atomic mass is 16.4. The van der Waals surface area contributed by atoms with Crippen LogP contribution in [0.25, 0.3) is 0 Å². The van der Waals surface area contributed by atoms with Gasteiger partial charge in [0.2, 0.25) is 5.78 Å². The molecule has 0 radical (unpaired) electrons. The lowest BCUT2D eigenvalue weighted by molar-refractivity contribution is 0.0979. The van der Waals surface area contributed by atoms with Crippen LogP contribution in [0.4, 0.5) is 0 Å². The van der Waals surface area contributed by atoms with E-state index in [-0.39, 0.29) is 11.7 Å². The van der Waals surface area contributed by atoms with Crippen LogP contribution in [0.1, 0.15) is 29.1 Å². The van der Waals surface area contributed by atoms with E-state index in [1.165, 1.54) is 6.92 Å². The number of aryl methyl sites for hydroxylation is 2. The predicted molar refractivity (Wildman–Crippen MR) is 36.0 cm³/mol. The topological polar surface area (TPSA) is 43.1 Å². The van der Waals surface area contributed by atoms with Crippen molar-refractivity contribution in [3.8, 4) is 0 Å². The van der Waals surface area contributed by atoms with Crippen LogP contribution in [0.2, 0.25) is 0 Å². The van der Waals surface area contributed by atoms with E-state index >= 15 is 0 Å². The summed E-state index contributed by atoms with van der Waals surface area (Å²) in [7, 11) is 0. The number of ketones is 1. The number of nitrogens with zero attached hydrogens (tertiary/aromatic N) is 1. The molecule has 1 rings (SSSR count). The van der Waals surface area contributed by atoms with E-state index in [9.17, 15) is 4.79 Å². The number of carbonyl (C=O) groups is 1. The second-order valence-electron chi connectivity index (χ2n) is 2.22. The van der Waals surface area contributed by atoms with Gasteiger partial charge >= 0.3 is 0 Å². The Labute approximate surface area is 59.1 Å². The van der Waals surface area contributed by atoms with Gasteiger partial charge in [0.15, 0.2) is 0 Å². The fourth-order valence-electron chi connectivity index (χ4n) is 0.623. The number of hydrogen-bond acceptors (Lipinski definition) is 3. The van der Waals surface area contributed by atoms with E-state index in [4.69, 9.17) is 4.42 Å². The van der Waals surface area contributed by atoms with E-state index in [0.717, 1.165) is 5.69 Å². The summed E-state index contributed by atoms with van der Waals surface area (Å²) in [5, 5.41) is 0. The molecule has 54 valence electrons. The van der Waals surface area contributed by atoms with Crippen LogP contribution in [0, 0.1) is 13.8 Å². The highest BCUT2D eigenvalue weighted by Crippen LogP contribution is 2.07. The molecule has 0 bridgehead atoms. The highest BCUT2D eigenvalue weighted by Gasteiger charge is 2.08. The van der Waals surface area contributed by atoms with E-state index in [2.05, 4.69) is 4.98 Å². The molecule has 0 saturated carbocycles. The molecule has 0 fully saturated rings. The first-order valence-electron chi connectivity index (χ1n) is 3.06. The lowest BCUT2D eigenvalue weighted by Crippen LogP contribution is -1.90. The molecule has 0 aliphatic heterocycles. The summed E-state index contributed by atoms with van der Waals surface area (Å²) in [5.74, 6) is 0.788. The molecule has 0 N–H and O–H groups in total. The zero-order valence-electron chi connectivity index (χ0n) is 6.26. The smallest absolute Gasteiger partial charge is 0.263 e. The average molecular weight is 139 g/mol. The van der Waals surface area contributed by atoms with Gasteiger partial charge in [0, 0.05) is 6.92 Å². The van der Waals surface area contributed by atoms with Crippen molar-refractivity contribution in [2.24, 2.45) is 0 Å². The highest BCUT2D eigenvalue weighted by molar-refractivity contribution is 5.89. The summed E-state index contributed by atoms with van der Waals surface area (Å²) < 4.78 is 5.02. The molecule has 3 heteroatoms. The standard InChI is InChI=1S/C7H9NO2/c1-4-6(3)10-7(8-4)5(2)9/h1-3H3. The number of oxazole rings is 1. The van der Waals surface area contributed by atoms with Crippen LogP contribution in [0.5, 0.6) is 0 Å². The molecule has 0 saturated heterocycles. The van der Waals surface area contributed by atoms with Crippen LogP contribution < -0.4 is 0 Å². The van der Waals surface area contributed by atoms with Crippen molar-refractivity contribution in [2.45, 2.75) is 20.8 Å². The second-order valence-corrected chi connectivity index (χ2v) is 2.22. The van der Waals surface area contributed by atoms with Crippen LogP contribution >= 0.6 is 0 Å². The van der Waals surface area contributed by atoms with Crippen LogP contribution in [-0.4, -0.2) is 10.8 Å². The second kappa shape index (κ2) is 2.25. The first kappa shape index (κ1) is 6.99. The summed E-state index contributed by atoms with van der Waals surface area (Å²) in [6.07, 6.45) is 0. The minimum Gasteiger partial charge on any atom is -0.439 e. The van der Waals surface area contributed by atoms with Gasteiger partial charge in [-0.05, 0) is 13.8 Å². The molecule has 0 amide bonds. The molecule has 1 aromatic heterocycles. The molecular weight excluding hydrogens is 130 g/mol. The van der Waals surface area contributed by atoms with Gasteiger partial charge < -0.3 is 4.42 Å². The quantitative estimate of drug-likeness (QED) is 0.553. The SMILES string of the molecule is CC(=O)c1nc(C)c(C)o1. The normalized spacial score (nSPS) is 9.90. The van der Waals surface area contributed by atoms with Crippen LogP contribution in [-0.2, 0) is 0 Å². The fraction of sp³-hybridized carbons (Fsp3) is 0.429. The van der Waals surface area contributed by atoms with Crippen molar-refractivity contribution in [1.82, 2.24) is 4.98 Å². The lowest BCUT2D eigenvalue weighted by atomic mass is 10.4. The Hall–Kier alpha value is -1.12. The maximum atomic E-state index is 10.7. The van der Waals surface area contributed by atoms with Gasteiger partial charge in [0.25, 0.3) is 5.89 Å². The number of hydrogen-bond donors (Lipinski definition) is 0. The summed E-state index contributed by atoms with van der Waals surface area (Å²) in [6, 6.07) is 0. The van der Waals surface area contributed by atoms with E-state index in [0.29, 0.717) is 5.76 Å². The number of Topliss-reactive ketones (excluding diaryl/α,β-unsaturated/α-hetero) is 1. The zero-order valence-corrected chi connectivity index (χ0v) is 6.26. The van der Waals surface area contributed by atoms with Gasteiger partial charge in [-0.15, -0.1) is 0 Å². The van der Waals surface area contributed by atoms with Crippen molar-refractivity contribution in [3.63, 3.8) is 0 Å². The summed E-state index contributed by atoms with van der Waals surface area (Å²) in [5.41, 5.74) is 0.783. The van der Waals surface area contributed by atoms with Gasteiger partial charge in [0.05, 0.1) is 5.69 Å². The lowest BCUT2D eigenvalue weighted by Gasteiger charge is -1.80. The Morgan fingerprint density at radius 2 is 2.10 bits per heavy atom. The van der Waals surface area contributed by atoms with Crippen molar-refractivity contribution in [2.75, 3.05) is 0 Å². The Balaban J connectivity index is 3.10. The third-order valence-corrected chi connectivity index (χ3v) is 1.33. The zero-order chi connectivity index (χ0) is 7.72. The van der Waals surface area contributed by atoms with E-state index in [1.807, 2.05) is 6.92 Å². The predicted octanol–water partition coefficient (Wildman–Crippen LogP) is 1.49. The third kappa shape index (κ3) is 1.07. The van der Waals surface area contributed by atoms with Gasteiger partial charge in [-0.3, -0.25) is 4.79 Å². The Kier molecular flexibility index (Phi) is 1.57. The molecular formula is C7H9NO2. The maximum absolute atomic E-state index is 10.7. The summed E-state index contributed by atoms with van der Waals surface area (Å²) >= 11 is 0. The molecule has 0 aliphatic carbocycles. The van der Waals surface area contributed by atoms with Gasteiger partial charge in [-0.1, -0.05) is 0 Å². The molecule has 0 atom stereocenters. The fourth-order valence-corrected chi connectivity index (χ4v) is 0.623. The van der Waals surface area contributed by atoms with Gasteiger partial charge in [0.1, 0.15) is 5.76 Å². The van der Waals surface area contributed by atoms with Crippen molar-refractivity contribution in [3.05, 3.63) is 17.3 Å². The van der Waals surface area contributed by atoms with Gasteiger partial charge in [-0.25, -0.2) is 4.98 Å². The maximum Gasteiger partial charge on any atom is 0.263 e. The molecule has 0 aliphatic rings. The Morgan fingerprint density at radius 3 is 2.30 bits per heavy atom. The van der Waals surface area contributed by atoms with E-state index < -0.39 is 0 Å². The third-order valence-electron chi connectivity index (χ3n) is 1.33. The van der Waals surface area contributed by atoms with Crippen LogP contribution in [0.15, 0.2) is 4.42 Å². The van der Waals surface area contributed by atoms with E-state index in [1.54, 1.807) is 6.92 Å². The molecule has 1 aromatic rings. The number of rotatable bonds is 1. The number of aromatic nitrogens is 1. The Morgan fingerprint density at radius 1 is 1.50 bits per heavy atom. The number of carbonyl (C=O) groups excluding carboxylic acids is 1. The largest absolute Gasteiger partial charge is 0.439 e. The molecule has 1 heterocycles. The molecule has 3 nitrogen and oxygen atoms in total. The minimum absolute atomic E-state index is 0.129. The van der Waals surface area contributed by atoms with Crippen molar-refractivity contribution in [1.29, 1.82) is 0 Å². The monoisotopic (exact) mass is 139 g/mol. The summed E-state index contributed by atoms with van der Waals surface area (Å²) in [6.45, 7) is 5.03. The van der Waals surface area contributed by atoms with Gasteiger partial charge in [-0.2, -0.15) is 0 Å². The van der Waals surface area contributed by atoms with Crippen molar-refractivity contribution < 1.29 is 9.21 Å². The van der Waals surface area contributed by atoms with Crippen LogP contribution in [0.3, 0.4) is 0 Å². The minimum atomic E-state index is -0.129.